The fourth-order valence-electron chi connectivity index (χ4n) is 0.865. The van der Waals surface area contributed by atoms with Crippen molar-refractivity contribution < 1.29 is 0 Å². The second-order valence-corrected chi connectivity index (χ2v) is 2.78. The lowest BCUT2D eigenvalue weighted by molar-refractivity contribution is 0.756. The van der Waals surface area contributed by atoms with E-state index in [1.807, 2.05) is 11.5 Å². The zero-order valence-corrected chi connectivity index (χ0v) is 8.08. The van der Waals surface area contributed by atoms with Gasteiger partial charge >= 0.3 is 0 Å². The van der Waals surface area contributed by atoms with Crippen LogP contribution in [0.25, 0.3) is 0 Å². The van der Waals surface area contributed by atoms with Crippen molar-refractivity contribution in [1.29, 1.82) is 0 Å². The summed E-state index contributed by atoms with van der Waals surface area (Å²) in [6.07, 6.45) is 5.08. The lowest BCUT2D eigenvalue weighted by Crippen LogP contribution is -2.24. The van der Waals surface area contributed by atoms with Gasteiger partial charge in [-0.05, 0) is 19.1 Å². The van der Waals surface area contributed by atoms with Crippen LogP contribution in [0.3, 0.4) is 0 Å². The quantitative estimate of drug-likeness (QED) is 0.409. The topological polar surface area (TPSA) is 68.2 Å². The predicted molar refractivity (Wildman–Crippen MR) is 55.4 cm³/mol. The molecule has 0 amide bonds. The van der Waals surface area contributed by atoms with Crippen molar-refractivity contribution in [2.75, 3.05) is 0 Å². The fraction of sp³-hybridized carbons (Fsp3) is 0.286. The van der Waals surface area contributed by atoms with Crippen molar-refractivity contribution in [3.8, 4) is 0 Å². The Hall–Kier alpha value is -1.43. The zero-order valence-electron chi connectivity index (χ0n) is 7.27. The van der Waals surface area contributed by atoms with E-state index in [4.69, 9.17) is 5.73 Å². The third-order valence-corrected chi connectivity index (χ3v) is 1.55. The molecular formula is C7H11N5S. The Morgan fingerprint density at radius 3 is 3.31 bits per heavy atom. The lowest BCUT2D eigenvalue weighted by Gasteiger charge is -1.98. The van der Waals surface area contributed by atoms with E-state index in [1.165, 1.54) is 0 Å². The summed E-state index contributed by atoms with van der Waals surface area (Å²) < 4.78 is 1.95. The largest absolute Gasteiger partial charge is 0.375 e. The summed E-state index contributed by atoms with van der Waals surface area (Å²) in [7, 11) is 0. The maximum atomic E-state index is 5.19. The summed E-state index contributed by atoms with van der Waals surface area (Å²) in [5.74, 6) is 0. The van der Waals surface area contributed by atoms with Crippen LogP contribution < -0.4 is 11.2 Å². The van der Waals surface area contributed by atoms with Crippen LogP contribution in [0.2, 0.25) is 0 Å². The molecule has 6 heteroatoms. The van der Waals surface area contributed by atoms with Crippen molar-refractivity contribution in [3.05, 3.63) is 18.2 Å². The van der Waals surface area contributed by atoms with E-state index in [2.05, 4.69) is 27.7 Å². The van der Waals surface area contributed by atoms with Gasteiger partial charge in [-0.3, -0.25) is 5.43 Å². The summed E-state index contributed by atoms with van der Waals surface area (Å²) in [4.78, 5) is 3.97. The Morgan fingerprint density at radius 2 is 2.69 bits per heavy atom. The molecule has 1 heterocycles. The maximum Gasteiger partial charge on any atom is 0.184 e. The molecule has 3 N–H and O–H groups in total. The van der Waals surface area contributed by atoms with E-state index in [0.29, 0.717) is 0 Å². The molecule has 0 aliphatic heterocycles. The first-order chi connectivity index (χ1) is 6.24. The average molecular weight is 197 g/mol. The second-order valence-electron chi connectivity index (χ2n) is 2.34. The van der Waals surface area contributed by atoms with Crippen LogP contribution in [0.4, 0.5) is 0 Å². The molecule has 0 aliphatic carbocycles. The minimum Gasteiger partial charge on any atom is -0.375 e. The smallest absolute Gasteiger partial charge is 0.184 e. The van der Waals surface area contributed by atoms with Gasteiger partial charge in [-0.25, -0.2) is 4.98 Å². The number of nitrogens with one attached hydrogen (secondary N) is 1. The molecule has 0 bridgehead atoms. The van der Waals surface area contributed by atoms with Gasteiger partial charge in [0.25, 0.3) is 0 Å². The van der Waals surface area contributed by atoms with E-state index in [0.717, 1.165) is 12.2 Å². The highest BCUT2D eigenvalue weighted by atomic mass is 32.1. The number of hydrazone groups is 1. The van der Waals surface area contributed by atoms with Crippen molar-refractivity contribution in [1.82, 2.24) is 15.0 Å². The number of thiocarbonyl (C=S) groups is 1. The molecule has 1 aromatic rings. The van der Waals surface area contributed by atoms with Gasteiger partial charge in [0.15, 0.2) is 5.11 Å². The van der Waals surface area contributed by atoms with Crippen LogP contribution in [-0.2, 0) is 6.54 Å². The molecule has 5 nitrogen and oxygen atoms in total. The minimum atomic E-state index is 0.152. The van der Waals surface area contributed by atoms with Crippen LogP contribution in [0.15, 0.2) is 17.6 Å². The molecule has 0 atom stereocenters. The van der Waals surface area contributed by atoms with Crippen molar-refractivity contribution >= 4 is 23.5 Å². The van der Waals surface area contributed by atoms with Gasteiger partial charge < -0.3 is 10.3 Å². The van der Waals surface area contributed by atoms with E-state index < -0.39 is 0 Å². The molecular weight excluding hydrogens is 186 g/mol. The highest BCUT2D eigenvalue weighted by molar-refractivity contribution is 7.80. The van der Waals surface area contributed by atoms with E-state index >= 15 is 0 Å². The summed E-state index contributed by atoms with van der Waals surface area (Å²) >= 11 is 4.58. The van der Waals surface area contributed by atoms with Gasteiger partial charge in [-0.1, -0.05) is 0 Å². The summed E-state index contributed by atoms with van der Waals surface area (Å²) in [5, 5.41) is 3.97. The molecule has 0 spiro atoms. The van der Waals surface area contributed by atoms with Crippen LogP contribution in [0.5, 0.6) is 0 Å². The first-order valence-electron chi connectivity index (χ1n) is 3.82. The standard InChI is InChI=1S/C7H11N5S/c1-2-12-5-9-3-6(12)4-10-11-7(8)13/h3-5H,2H2,1H3,(H3,8,11,13). The maximum absolute atomic E-state index is 5.19. The van der Waals surface area contributed by atoms with Crippen molar-refractivity contribution in [3.63, 3.8) is 0 Å². The number of hydrogen-bond donors (Lipinski definition) is 2. The first-order valence-corrected chi connectivity index (χ1v) is 4.23. The SMILES string of the molecule is CCn1cncc1C=NNC(N)=S. The van der Waals surface area contributed by atoms with Gasteiger partial charge in [0, 0.05) is 6.54 Å². The molecule has 0 saturated heterocycles. The fourth-order valence-corrected chi connectivity index (χ4v) is 0.917. The highest BCUT2D eigenvalue weighted by Crippen LogP contribution is 1.94. The molecule has 0 saturated carbocycles. The average Bonchev–Trinajstić information content (AvgIpc) is 2.51. The van der Waals surface area contributed by atoms with E-state index in [9.17, 15) is 0 Å². The van der Waals surface area contributed by atoms with Gasteiger partial charge in [0.2, 0.25) is 0 Å². The molecule has 70 valence electrons. The molecule has 13 heavy (non-hydrogen) atoms. The van der Waals surface area contributed by atoms with Crippen LogP contribution in [0, 0.1) is 0 Å². The highest BCUT2D eigenvalue weighted by Gasteiger charge is 1.94. The molecule has 0 aliphatic rings. The van der Waals surface area contributed by atoms with Crippen LogP contribution in [0.1, 0.15) is 12.6 Å². The van der Waals surface area contributed by atoms with Crippen molar-refractivity contribution in [2.24, 2.45) is 10.8 Å². The van der Waals surface area contributed by atoms with E-state index in [1.54, 1.807) is 18.7 Å². The van der Waals surface area contributed by atoms with Gasteiger partial charge in [0.05, 0.1) is 24.4 Å². The Morgan fingerprint density at radius 1 is 1.92 bits per heavy atom. The Bertz CT molecular complexity index is 316. The Labute approximate surface area is 81.6 Å². The van der Waals surface area contributed by atoms with Gasteiger partial charge in [-0.15, -0.1) is 0 Å². The third kappa shape index (κ3) is 2.83. The van der Waals surface area contributed by atoms with Crippen LogP contribution in [-0.4, -0.2) is 20.9 Å². The Kier molecular flexibility index (Phi) is 3.39. The summed E-state index contributed by atoms with van der Waals surface area (Å²) in [5.41, 5.74) is 8.57. The van der Waals surface area contributed by atoms with Crippen LogP contribution >= 0.6 is 12.2 Å². The monoisotopic (exact) mass is 197 g/mol. The molecule has 0 aromatic carbocycles. The number of aromatic nitrogens is 2. The molecule has 0 fully saturated rings. The van der Waals surface area contributed by atoms with Crippen molar-refractivity contribution in [2.45, 2.75) is 13.5 Å². The number of hydrogen-bond acceptors (Lipinski definition) is 3. The third-order valence-electron chi connectivity index (χ3n) is 1.46. The number of rotatable bonds is 3. The number of aryl methyl sites for hydroxylation is 1. The number of nitrogens with zero attached hydrogens (tertiary/aromatic N) is 3. The lowest BCUT2D eigenvalue weighted by atomic mass is 10.5. The van der Waals surface area contributed by atoms with E-state index in [-0.39, 0.29) is 5.11 Å². The normalized spacial score (nSPS) is 10.5. The minimum absolute atomic E-state index is 0.152. The number of nitrogens with two attached hydrogens (primary N) is 1. The summed E-state index contributed by atoms with van der Waals surface area (Å²) in [6.45, 7) is 2.88. The van der Waals surface area contributed by atoms with Gasteiger partial charge in [0.1, 0.15) is 0 Å². The van der Waals surface area contributed by atoms with Gasteiger partial charge in [-0.2, -0.15) is 5.10 Å². The number of imidazole rings is 1. The first kappa shape index (κ1) is 9.66. The second kappa shape index (κ2) is 4.56. The summed E-state index contributed by atoms with van der Waals surface area (Å²) in [6, 6.07) is 0. The zero-order chi connectivity index (χ0) is 9.68. The Balaban J connectivity index is 2.62. The predicted octanol–water partition coefficient (Wildman–Crippen LogP) is 0.0701. The molecule has 1 rings (SSSR count). The molecule has 0 unspecified atom stereocenters. The molecule has 1 aromatic heterocycles. The molecule has 0 radical (unpaired) electrons.